The normalized spacial score (nSPS) is 26.1. The predicted molar refractivity (Wildman–Crippen MR) is 74.4 cm³/mol. The highest BCUT2D eigenvalue weighted by molar-refractivity contribution is 5.72. The molecule has 0 aliphatic heterocycles. The Hall–Kier alpha value is -0.570. The number of methoxy groups -OCH3 is 1. The third-order valence-corrected chi connectivity index (χ3v) is 4.52. The van der Waals surface area contributed by atoms with Gasteiger partial charge in [0.25, 0.3) is 0 Å². The molecular weight excluding hydrogens is 226 g/mol. The molecule has 0 bridgehead atoms. The summed E-state index contributed by atoms with van der Waals surface area (Å²) in [6, 6.07) is 1.17. The number of hydrogen-bond acceptors (Lipinski definition) is 3. The quantitative estimate of drug-likeness (QED) is 0.741. The second-order valence-electron chi connectivity index (χ2n) is 5.60. The van der Waals surface area contributed by atoms with E-state index >= 15 is 0 Å². The molecule has 0 aromatic rings. The molecule has 1 N–H and O–H groups in total. The van der Waals surface area contributed by atoms with Crippen molar-refractivity contribution in [3.8, 4) is 0 Å². The maximum atomic E-state index is 11.5. The topological polar surface area (TPSA) is 38.3 Å². The largest absolute Gasteiger partial charge is 0.469 e. The molecule has 0 aromatic carbocycles. The van der Waals surface area contributed by atoms with Gasteiger partial charge in [-0.1, -0.05) is 26.7 Å². The van der Waals surface area contributed by atoms with E-state index in [2.05, 4.69) is 26.1 Å². The van der Waals surface area contributed by atoms with Gasteiger partial charge in [-0.2, -0.15) is 0 Å². The number of esters is 1. The SMILES string of the molecule is CCC(CC)C(C)NC1CCC(C(=O)OC)CC1. The van der Waals surface area contributed by atoms with Crippen molar-refractivity contribution in [2.75, 3.05) is 7.11 Å². The fourth-order valence-electron chi connectivity index (χ4n) is 3.17. The van der Waals surface area contributed by atoms with E-state index in [1.165, 1.54) is 20.0 Å². The first-order valence-electron chi connectivity index (χ1n) is 7.46. The predicted octanol–water partition coefficient (Wildman–Crippen LogP) is 3.13. The van der Waals surface area contributed by atoms with Crippen molar-refractivity contribution in [1.29, 1.82) is 0 Å². The summed E-state index contributed by atoms with van der Waals surface area (Å²) in [5.41, 5.74) is 0. The molecular formula is C15H29NO2. The minimum atomic E-state index is -0.0264. The van der Waals surface area contributed by atoms with Crippen molar-refractivity contribution >= 4 is 5.97 Å². The van der Waals surface area contributed by atoms with Crippen LogP contribution in [0.15, 0.2) is 0 Å². The fourth-order valence-corrected chi connectivity index (χ4v) is 3.17. The highest BCUT2D eigenvalue weighted by Crippen LogP contribution is 2.26. The van der Waals surface area contributed by atoms with E-state index in [4.69, 9.17) is 4.74 Å². The van der Waals surface area contributed by atoms with Crippen LogP contribution in [-0.2, 0) is 9.53 Å². The van der Waals surface area contributed by atoms with Crippen molar-refractivity contribution in [3.05, 3.63) is 0 Å². The summed E-state index contributed by atoms with van der Waals surface area (Å²) >= 11 is 0. The van der Waals surface area contributed by atoms with Crippen molar-refractivity contribution in [1.82, 2.24) is 5.32 Å². The summed E-state index contributed by atoms with van der Waals surface area (Å²) in [7, 11) is 1.49. The van der Waals surface area contributed by atoms with Crippen LogP contribution >= 0.6 is 0 Å². The number of nitrogens with one attached hydrogen (secondary N) is 1. The maximum Gasteiger partial charge on any atom is 0.308 e. The van der Waals surface area contributed by atoms with E-state index in [1.54, 1.807) is 0 Å². The van der Waals surface area contributed by atoms with Gasteiger partial charge in [0.2, 0.25) is 0 Å². The first-order valence-corrected chi connectivity index (χ1v) is 7.46. The summed E-state index contributed by atoms with van der Waals surface area (Å²) in [5, 5.41) is 3.75. The van der Waals surface area contributed by atoms with E-state index in [0.29, 0.717) is 12.1 Å². The monoisotopic (exact) mass is 255 g/mol. The molecule has 1 aliphatic rings. The number of hydrogen-bond donors (Lipinski definition) is 1. The van der Waals surface area contributed by atoms with Crippen molar-refractivity contribution in [2.45, 2.75) is 71.4 Å². The van der Waals surface area contributed by atoms with Gasteiger partial charge in [-0.25, -0.2) is 0 Å². The molecule has 0 amide bonds. The molecule has 106 valence electrons. The molecule has 1 saturated carbocycles. The maximum absolute atomic E-state index is 11.5. The van der Waals surface area contributed by atoms with Crippen molar-refractivity contribution < 1.29 is 9.53 Å². The Morgan fingerprint density at radius 1 is 1.22 bits per heavy atom. The number of carbonyl (C=O) groups is 1. The second-order valence-corrected chi connectivity index (χ2v) is 5.60. The Labute approximate surface area is 112 Å². The van der Waals surface area contributed by atoms with E-state index in [0.717, 1.165) is 31.6 Å². The van der Waals surface area contributed by atoms with Gasteiger partial charge in [0, 0.05) is 12.1 Å². The zero-order chi connectivity index (χ0) is 13.5. The van der Waals surface area contributed by atoms with Crippen LogP contribution in [0.5, 0.6) is 0 Å². The molecule has 1 rings (SSSR count). The van der Waals surface area contributed by atoms with Gasteiger partial charge in [0.15, 0.2) is 0 Å². The van der Waals surface area contributed by atoms with E-state index in [-0.39, 0.29) is 11.9 Å². The second kappa shape index (κ2) is 7.78. The first-order chi connectivity index (χ1) is 8.62. The lowest BCUT2D eigenvalue weighted by molar-refractivity contribution is -0.146. The van der Waals surface area contributed by atoms with Gasteiger partial charge < -0.3 is 10.1 Å². The first kappa shape index (κ1) is 15.5. The van der Waals surface area contributed by atoms with Crippen LogP contribution in [0, 0.1) is 11.8 Å². The van der Waals surface area contributed by atoms with Gasteiger partial charge in [-0.3, -0.25) is 4.79 Å². The van der Waals surface area contributed by atoms with Crippen LogP contribution in [0.2, 0.25) is 0 Å². The molecule has 1 atom stereocenters. The fraction of sp³-hybridized carbons (Fsp3) is 0.933. The molecule has 3 nitrogen and oxygen atoms in total. The average Bonchev–Trinajstić information content (AvgIpc) is 2.40. The average molecular weight is 255 g/mol. The highest BCUT2D eigenvalue weighted by atomic mass is 16.5. The smallest absolute Gasteiger partial charge is 0.308 e. The minimum absolute atomic E-state index is 0.0264. The Balaban J connectivity index is 2.33. The molecule has 0 spiro atoms. The lowest BCUT2D eigenvalue weighted by Gasteiger charge is -2.32. The van der Waals surface area contributed by atoms with Crippen LogP contribution in [0.4, 0.5) is 0 Å². The number of rotatable bonds is 6. The Bertz CT molecular complexity index is 243. The molecule has 0 aromatic heterocycles. The van der Waals surface area contributed by atoms with Gasteiger partial charge in [-0.05, 0) is 38.5 Å². The summed E-state index contributed by atoms with van der Waals surface area (Å²) < 4.78 is 4.82. The van der Waals surface area contributed by atoms with Crippen LogP contribution in [-0.4, -0.2) is 25.2 Å². The summed E-state index contributed by atoms with van der Waals surface area (Å²) in [4.78, 5) is 11.5. The molecule has 0 heterocycles. The summed E-state index contributed by atoms with van der Waals surface area (Å²) in [6.45, 7) is 6.82. The zero-order valence-electron chi connectivity index (χ0n) is 12.4. The van der Waals surface area contributed by atoms with Crippen molar-refractivity contribution in [2.24, 2.45) is 11.8 Å². The van der Waals surface area contributed by atoms with E-state index in [9.17, 15) is 4.79 Å². The Morgan fingerprint density at radius 3 is 2.22 bits per heavy atom. The van der Waals surface area contributed by atoms with E-state index < -0.39 is 0 Å². The van der Waals surface area contributed by atoms with E-state index in [1.807, 2.05) is 0 Å². The lowest BCUT2D eigenvalue weighted by Crippen LogP contribution is -2.43. The standard InChI is InChI=1S/C15H29NO2/c1-5-12(6-2)11(3)16-14-9-7-13(8-10-14)15(17)18-4/h11-14,16H,5-10H2,1-4H3. The molecule has 1 aliphatic carbocycles. The molecule has 18 heavy (non-hydrogen) atoms. The lowest BCUT2D eigenvalue weighted by atomic mass is 9.85. The number of carbonyl (C=O) groups excluding carboxylic acids is 1. The third-order valence-electron chi connectivity index (χ3n) is 4.52. The van der Waals surface area contributed by atoms with Gasteiger partial charge >= 0.3 is 5.97 Å². The summed E-state index contributed by atoms with van der Waals surface area (Å²) in [5.74, 6) is 0.876. The summed E-state index contributed by atoms with van der Waals surface area (Å²) in [6.07, 6.45) is 6.62. The Kier molecular flexibility index (Phi) is 6.69. The van der Waals surface area contributed by atoms with Gasteiger partial charge in [-0.15, -0.1) is 0 Å². The zero-order valence-corrected chi connectivity index (χ0v) is 12.4. The highest BCUT2D eigenvalue weighted by Gasteiger charge is 2.28. The number of ether oxygens (including phenoxy) is 1. The molecule has 0 saturated heterocycles. The molecule has 3 heteroatoms. The molecule has 1 fully saturated rings. The van der Waals surface area contributed by atoms with Crippen LogP contribution < -0.4 is 5.32 Å². The molecule has 1 unspecified atom stereocenters. The van der Waals surface area contributed by atoms with Crippen LogP contribution in [0.1, 0.15) is 59.3 Å². The minimum Gasteiger partial charge on any atom is -0.469 e. The third kappa shape index (κ3) is 4.27. The van der Waals surface area contributed by atoms with Crippen molar-refractivity contribution in [3.63, 3.8) is 0 Å². The Morgan fingerprint density at radius 2 is 1.78 bits per heavy atom. The van der Waals surface area contributed by atoms with Gasteiger partial charge in [0.1, 0.15) is 0 Å². The van der Waals surface area contributed by atoms with Crippen LogP contribution in [0.3, 0.4) is 0 Å². The molecule has 0 radical (unpaired) electrons. The van der Waals surface area contributed by atoms with Crippen LogP contribution in [0.25, 0.3) is 0 Å². The van der Waals surface area contributed by atoms with Gasteiger partial charge in [0.05, 0.1) is 13.0 Å².